The SMILES string of the molecule is CC(C)(C)CC(O)COCCO.CCC(=O)O. The molecular weight excluding hydrogens is 224 g/mol. The Morgan fingerprint density at radius 1 is 1.35 bits per heavy atom. The summed E-state index contributed by atoms with van der Waals surface area (Å²) in [4.78, 5) is 9.37. The van der Waals surface area contributed by atoms with Gasteiger partial charge in [0, 0.05) is 6.42 Å². The summed E-state index contributed by atoms with van der Waals surface area (Å²) in [5.74, 6) is -0.745. The van der Waals surface area contributed by atoms with Gasteiger partial charge in [-0.25, -0.2) is 0 Å². The van der Waals surface area contributed by atoms with Gasteiger partial charge in [0.1, 0.15) is 0 Å². The van der Waals surface area contributed by atoms with E-state index in [0.717, 1.165) is 6.42 Å². The summed E-state index contributed by atoms with van der Waals surface area (Å²) in [5.41, 5.74) is 0.127. The molecule has 0 rings (SSSR count). The van der Waals surface area contributed by atoms with Crippen LogP contribution in [0.15, 0.2) is 0 Å². The molecule has 0 aromatic carbocycles. The van der Waals surface area contributed by atoms with E-state index >= 15 is 0 Å². The van der Waals surface area contributed by atoms with Crippen molar-refractivity contribution < 1.29 is 24.9 Å². The van der Waals surface area contributed by atoms with Crippen LogP contribution in [0.1, 0.15) is 40.5 Å². The molecule has 0 aliphatic heterocycles. The minimum Gasteiger partial charge on any atom is -0.481 e. The van der Waals surface area contributed by atoms with E-state index in [0.29, 0.717) is 13.2 Å². The smallest absolute Gasteiger partial charge is 0.303 e. The standard InChI is InChI=1S/C9H20O3.C3H6O2/c1-9(2,3)6-8(11)7-12-5-4-10;1-2-3(4)5/h8,10-11H,4-7H2,1-3H3;2H2,1H3,(H,4,5). The number of carboxylic acids is 1. The third kappa shape index (κ3) is 21.2. The van der Waals surface area contributed by atoms with Crippen LogP contribution < -0.4 is 0 Å². The number of aliphatic carboxylic acids is 1. The molecule has 0 aliphatic rings. The first-order valence-electron chi connectivity index (χ1n) is 5.81. The summed E-state index contributed by atoms with van der Waals surface area (Å²) >= 11 is 0. The number of rotatable bonds is 6. The monoisotopic (exact) mass is 250 g/mol. The molecule has 0 amide bonds. The fraction of sp³-hybridized carbons (Fsp3) is 0.917. The molecular formula is C12H26O5. The normalized spacial score (nSPS) is 12.6. The lowest BCUT2D eigenvalue weighted by Crippen LogP contribution is -2.23. The quantitative estimate of drug-likeness (QED) is 0.618. The summed E-state index contributed by atoms with van der Waals surface area (Å²) in [7, 11) is 0. The zero-order chi connectivity index (χ0) is 13.9. The van der Waals surface area contributed by atoms with Crippen LogP contribution in [0.5, 0.6) is 0 Å². The Morgan fingerprint density at radius 2 is 1.82 bits per heavy atom. The Labute approximate surface area is 103 Å². The Bertz CT molecular complexity index is 186. The molecule has 0 saturated carbocycles. The number of carbonyl (C=O) groups is 1. The van der Waals surface area contributed by atoms with Gasteiger partial charge in [0.05, 0.1) is 25.9 Å². The summed E-state index contributed by atoms with van der Waals surface area (Å²) < 4.78 is 4.99. The largest absolute Gasteiger partial charge is 0.481 e. The molecule has 0 radical (unpaired) electrons. The van der Waals surface area contributed by atoms with Gasteiger partial charge < -0.3 is 20.1 Å². The van der Waals surface area contributed by atoms with E-state index in [1.165, 1.54) is 0 Å². The lowest BCUT2D eigenvalue weighted by molar-refractivity contribution is -0.136. The minimum atomic E-state index is -0.745. The predicted molar refractivity (Wildman–Crippen MR) is 65.9 cm³/mol. The van der Waals surface area contributed by atoms with E-state index in [9.17, 15) is 9.90 Å². The molecule has 1 unspecified atom stereocenters. The number of aliphatic hydroxyl groups is 2. The average molecular weight is 250 g/mol. The topological polar surface area (TPSA) is 87.0 Å². The second-order valence-electron chi connectivity index (χ2n) is 4.96. The van der Waals surface area contributed by atoms with Crippen molar-refractivity contribution in [1.82, 2.24) is 0 Å². The second-order valence-corrected chi connectivity index (χ2v) is 4.96. The van der Waals surface area contributed by atoms with Gasteiger partial charge >= 0.3 is 5.97 Å². The first-order valence-corrected chi connectivity index (χ1v) is 5.81. The van der Waals surface area contributed by atoms with Crippen molar-refractivity contribution in [2.24, 2.45) is 5.41 Å². The van der Waals surface area contributed by atoms with E-state index < -0.39 is 12.1 Å². The Hall–Kier alpha value is -0.650. The van der Waals surface area contributed by atoms with Crippen LogP contribution in [0.4, 0.5) is 0 Å². The number of carboxylic acid groups (broad SMARTS) is 1. The molecule has 0 spiro atoms. The van der Waals surface area contributed by atoms with Crippen molar-refractivity contribution >= 4 is 5.97 Å². The minimum absolute atomic E-state index is 0.0161. The first kappa shape index (κ1) is 18.7. The first-order chi connectivity index (χ1) is 7.72. The van der Waals surface area contributed by atoms with E-state index in [1.54, 1.807) is 6.92 Å². The van der Waals surface area contributed by atoms with Crippen molar-refractivity contribution in [3.63, 3.8) is 0 Å². The highest BCUT2D eigenvalue weighted by Crippen LogP contribution is 2.20. The van der Waals surface area contributed by atoms with Gasteiger partial charge in [0.2, 0.25) is 0 Å². The van der Waals surface area contributed by atoms with Crippen molar-refractivity contribution in [1.29, 1.82) is 0 Å². The Kier molecular flexibility index (Phi) is 11.6. The number of ether oxygens (including phenoxy) is 1. The lowest BCUT2D eigenvalue weighted by atomic mass is 9.89. The Morgan fingerprint density at radius 3 is 2.12 bits per heavy atom. The maximum Gasteiger partial charge on any atom is 0.303 e. The van der Waals surface area contributed by atoms with Gasteiger partial charge in [-0.3, -0.25) is 4.79 Å². The van der Waals surface area contributed by atoms with Gasteiger partial charge in [-0.15, -0.1) is 0 Å². The van der Waals surface area contributed by atoms with Crippen LogP contribution in [0.25, 0.3) is 0 Å². The Balaban J connectivity index is 0. The van der Waals surface area contributed by atoms with Crippen LogP contribution in [0.2, 0.25) is 0 Å². The molecule has 0 fully saturated rings. The summed E-state index contributed by atoms with van der Waals surface area (Å²) in [6, 6.07) is 0. The van der Waals surface area contributed by atoms with E-state index in [-0.39, 0.29) is 18.4 Å². The molecule has 0 aromatic heterocycles. The summed E-state index contributed by atoms with van der Waals surface area (Å²) in [5, 5.41) is 25.5. The van der Waals surface area contributed by atoms with Gasteiger partial charge in [0.25, 0.3) is 0 Å². The summed E-state index contributed by atoms with van der Waals surface area (Å²) in [6.07, 6.45) is 0.523. The van der Waals surface area contributed by atoms with Crippen molar-refractivity contribution in [3.8, 4) is 0 Å². The van der Waals surface area contributed by atoms with Crippen LogP contribution in [-0.2, 0) is 9.53 Å². The lowest BCUT2D eigenvalue weighted by Gasteiger charge is -2.21. The fourth-order valence-corrected chi connectivity index (χ4v) is 1.05. The maximum absolute atomic E-state index is 9.40. The molecule has 0 saturated heterocycles. The molecule has 0 aromatic rings. The van der Waals surface area contributed by atoms with Gasteiger partial charge in [-0.1, -0.05) is 27.7 Å². The van der Waals surface area contributed by atoms with E-state index in [2.05, 4.69) is 20.8 Å². The zero-order valence-electron chi connectivity index (χ0n) is 11.3. The van der Waals surface area contributed by atoms with Gasteiger partial charge in [-0.2, -0.15) is 0 Å². The van der Waals surface area contributed by atoms with Crippen LogP contribution >= 0.6 is 0 Å². The predicted octanol–water partition coefficient (Wildman–Crippen LogP) is 1.27. The maximum atomic E-state index is 9.40. The molecule has 0 bridgehead atoms. The van der Waals surface area contributed by atoms with Gasteiger partial charge in [0.15, 0.2) is 0 Å². The van der Waals surface area contributed by atoms with Crippen LogP contribution in [0.3, 0.4) is 0 Å². The van der Waals surface area contributed by atoms with Gasteiger partial charge in [-0.05, 0) is 11.8 Å². The molecule has 104 valence electrons. The molecule has 5 nitrogen and oxygen atoms in total. The third-order valence-electron chi connectivity index (χ3n) is 1.70. The highest BCUT2D eigenvalue weighted by molar-refractivity contribution is 5.66. The van der Waals surface area contributed by atoms with Crippen molar-refractivity contribution in [2.45, 2.75) is 46.6 Å². The molecule has 1 atom stereocenters. The molecule has 5 heteroatoms. The van der Waals surface area contributed by atoms with E-state index in [1.807, 2.05) is 0 Å². The zero-order valence-corrected chi connectivity index (χ0v) is 11.3. The highest BCUT2D eigenvalue weighted by Gasteiger charge is 2.16. The number of hydrogen-bond donors (Lipinski definition) is 3. The molecule has 0 heterocycles. The van der Waals surface area contributed by atoms with Crippen molar-refractivity contribution in [2.75, 3.05) is 19.8 Å². The van der Waals surface area contributed by atoms with E-state index in [4.69, 9.17) is 14.9 Å². The average Bonchev–Trinajstić information content (AvgIpc) is 2.16. The highest BCUT2D eigenvalue weighted by atomic mass is 16.5. The van der Waals surface area contributed by atoms with Crippen LogP contribution in [-0.4, -0.2) is 47.2 Å². The van der Waals surface area contributed by atoms with Crippen LogP contribution in [0, 0.1) is 5.41 Å². The molecule has 0 aliphatic carbocycles. The molecule has 3 N–H and O–H groups in total. The fourth-order valence-electron chi connectivity index (χ4n) is 1.05. The third-order valence-corrected chi connectivity index (χ3v) is 1.70. The summed E-state index contributed by atoms with van der Waals surface area (Å²) in [6.45, 7) is 8.45. The number of hydrogen-bond acceptors (Lipinski definition) is 4. The second kappa shape index (κ2) is 10.5. The van der Waals surface area contributed by atoms with Crippen molar-refractivity contribution in [3.05, 3.63) is 0 Å². The molecule has 17 heavy (non-hydrogen) atoms. The number of aliphatic hydroxyl groups excluding tert-OH is 2.